The molecular weight excluding hydrogens is 316 g/mol. The fraction of sp³-hybridized carbons (Fsp3) is 0.200. The average Bonchev–Trinajstić information content (AvgIpc) is 3.07. The Morgan fingerprint density at radius 3 is 2.56 bits per heavy atom. The Labute approximate surface area is 146 Å². The third-order valence-electron chi connectivity index (χ3n) is 3.93. The van der Waals surface area contributed by atoms with Crippen LogP contribution in [0.3, 0.4) is 0 Å². The Hall–Kier alpha value is -3.08. The van der Waals surface area contributed by atoms with Gasteiger partial charge in [-0.05, 0) is 23.1 Å². The minimum Gasteiger partial charge on any atom is -0.460 e. The predicted molar refractivity (Wildman–Crippen MR) is 95.8 cm³/mol. The highest BCUT2D eigenvalue weighted by Gasteiger charge is 2.08. The van der Waals surface area contributed by atoms with Crippen LogP contribution in [0.5, 0.6) is 0 Å². The number of nitrogens with one attached hydrogen (secondary N) is 1. The largest absolute Gasteiger partial charge is 0.460 e. The van der Waals surface area contributed by atoms with E-state index in [-0.39, 0.29) is 19.1 Å². The SMILES string of the molecule is O=C(CCn1ccc2ccccc21)NCC(=O)OCc1ccccc1. The molecule has 1 heterocycles. The third kappa shape index (κ3) is 4.70. The first-order valence-corrected chi connectivity index (χ1v) is 8.22. The second-order valence-corrected chi connectivity index (χ2v) is 5.74. The van der Waals surface area contributed by atoms with Gasteiger partial charge in [0.15, 0.2) is 0 Å². The van der Waals surface area contributed by atoms with Crippen LogP contribution >= 0.6 is 0 Å². The molecule has 128 valence electrons. The summed E-state index contributed by atoms with van der Waals surface area (Å²) in [5, 5.41) is 3.75. The first kappa shape index (κ1) is 16.8. The number of nitrogens with zero attached hydrogens (tertiary/aromatic N) is 1. The summed E-state index contributed by atoms with van der Waals surface area (Å²) in [6.45, 7) is 0.668. The lowest BCUT2D eigenvalue weighted by Crippen LogP contribution is -2.31. The zero-order valence-electron chi connectivity index (χ0n) is 13.9. The Bertz CT molecular complexity index is 856. The van der Waals surface area contributed by atoms with Crippen LogP contribution in [0.25, 0.3) is 10.9 Å². The normalized spacial score (nSPS) is 10.6. The molecule has 0 saturated carbocycles. The first-order valence-electron chi connectivity index (χ1n) is 8.22. The topological polar surface area (TPSA) is 60.3 Å². The molecule has 0 aliphatic rings. The Morgan fingerprint density at radius 2 is 1.72 bits per heavy atom. The maximum Gasteiger partial charge on any atom is 0.325 e. The molecule has 25 heavy (non-hydrogen) atoms. The lowest BCUT2D eigenvalue weighted by atomic mass is 10.2. The lowest BCUT2D eigenvalue weighted by Gasteiger charge is -2.08. The van der Waals surface area contributed by atoms with Crippen molar-refractivity contribution in [1.29, 1.82) is 0 Å². The van der Waals surface area contributed by atoms with E-state index in [2.05, 4.69) is 5.32 Å². The summed E-state index contributed by atoms with van der Waals surface area (Å²) in [4.78, 5) is 23.6. The van der Waals surface area contributed by atoms with E-state index < -0.39 is 5.97 Å². The second-order valence-electron chi connectivity index (χ2n) is 5.74. The number of para-hydroxylation sites is 1. The van der Waals surface area contributed by atoms with Crippen molar-refractivity contribution >= 4 is 22.8 Å². The molecule has 1 aromatic heterocycles. The summed E-state index contributed by atoms with van der Waals surface area (Å²) in [6, 6.07) is 19.5. The van der Waals surface area contributed by atoms with Gasteiger partial charge in [-0.1, -0.05) is 48.5 Å². The van der Waals surface area contributed by atoms with E-state index >= 15 is 0 Å². The lowest BCUT2D eigenvalue weighted by molar-refractivity contribution is -0.145. The molecular formula is C20H20N2O3. The standard InChI is InChI=1S/C20H20N2O3/c23-19(11-13-22-12-10-17-8-4-5-9-18(17)22)21-14-20(24)25-15-16-6-2-1-3-7-16/h1-10,12H,11,13-15H2,(H,21,23). The van der Waals surface area contributed by atoms with Gasteiger partial charge < -0.3 is 14.6 Å². The van der Waals surface area contributed by atoms with Gasteiger partial charge >= 0.3 is 5.97 Å². The molecule has 5 nitrogen and oxygen atoms in total. The van der Waals surface area contributed by atoms with Gasteiger partial charge in [0, 0.05) is 24.7 Å². The quantitative estimate of drug-likeness (QED) is 0.675. The molecule has 0 atom stereocenters. The van der Waals surface area contributed by atoms with E-state index in [0.29, 0.717) is 13.0 Å². The van der Waals surface area contributed by atoms with Crippen LogP contribution in [0.4, 0.5) is 0 Å². The van der Waals surface area contributed by atoms with Crippen LogP contribution in [0, 0.1) is 0 Å². The molecule has 1 N–H and O–H groups in total. The van der Waals surface area contributed by atoms with Gasteiger partial charge in [0.2, 0.25) is 5.91 Å². The summed E-state index contributed by atoms with van der Waals surface area (Å²) < 4.78 is 7.16. The van der Waals surface area contributed by atoms with E-state index in [4.69, 9.17) is 4.74 Å². The number of hydrogen-bond donors (Lipinski definition) is 1. The number of esters is 1. The molecule has 2 aromatic carbocycles. The van der Waals surface area contributed by atoms with Crippen LogP contribution < -0.4 is 5.32 Å². The van der Waals surface area contributed by atoms with Gasteiger partial charge in [0.05, 0.1) is 0 Å². The summed E-state index contributed by atoms with van der Waals surface area (Å²) in [6.07, 6.45) is 2.27. The van der Waals surface area contributed by atoms with Crippen LogP contribution in [0.2, 0.25) is 0 Å². The van der Waals surface area contributed by atoms with Crippen molar-refractivity contribution in [1.82, 2.24) is 9.88 Å². The van der Waals surface area contributed by atoms with Crippen LogP contribution in [-0.2, 0) is 27.5 Å². The van der Waals surface area contributed by atoms with Crippen molar-refractivity contribution in [3.8, 4) is 0 Å². The van der Waals surface area contributed by atoms with Gasteiger partial charge in [-0.15, -0.1) is 0 Å². The number of aromatic nitrogens is 1. The number of amides is 1. The van der Waals surface area contributed by atoms with Gasteiger partial charge in [0.1, 0.15) is 13.2 Å². The van der Waals surface area contributed by atoms with E-state index in [9.17, 15) is 9.59 Å². The Kier molecular flexibility index (Phi) is 5.46. The van der Waals surface area contributed by atoms with Crippen molar-refractivity contribution in [2.75, 3.05) is 6.54 Å². The van der Waals surface area contributed by atoms with Gasteiger partial charge in [-0.3, -0.25) is 9.59 Å². The molecule has 0 fully saturated rings. The highest BCUT2D eigenvalue weighted by atomic mass is 16.5. The average molecular weight is 336 g/mol. The number of aryl methyl sites for hydroxylation is 1. The Morgan fingerprint density at radius 1 is 0.960 bits per heavy atom. The highest BCUT2D eigenvalue weighted by Crippen LogP contribution is 2.15. The van der Waals surface area contributed by atoms with Gasteiger partial charge in [0.25, 0.3) is 0 Å². The number of ether oxygens (including phenoxy) is 1. The molecule has 0 bridgehead atoms. The number of carbonyl (C=O) groups excluding carboxylic acids is 2. The summed E-state index contributed by atoms with van der Waals surface area (Å²) in [7, 11) is 0. The molecule has 5 heteroatoms. The van der Waals surface area contributed by atoms with E-state index in [1.807, 2.05) is 71.4 Å². The molecule has 1 amide bonds. The summed E-state index contributed by atoms with van der Waals surface area (Å²) in [5.41, 5.74) is 2.01. The van der Waals surface area contributed by atoms with Gasteiger partial charge in [-0.25, -0.2) is 0 Å². The number of carbonyl (C=O) groups is 2. The number of rotatable bonds is 7. The molecule has 0 saturated heterocycles. The predicted octanol–water partition coefficient (Wildman–Crippen LogP) is 2.89. The summed E-state index contributed by atoms with van der Waals surface area (Å²) >= 11 is 0. The molecule has 0 aliphatic carbocycles. The van der Waals surface area contributed by atoms with Crippen LogP contribution in [0.1, 0.15) is 12.0 Å². The number of benzene rings is 2. The second kappa shape index (κ2) is 8.15. The minimum atomic E-state index is -0.441. The van der Waals surface area contributed by atoms with Crippen molar-refractivity contribution < 1.29 is 14.3 Å². The van der Waals surface area contributed by atoms with Crippen molar-refractivity contribution in [3.63, 3.8) is 0 Å². The zero-order valence-corrected chi connectivity index (χ0v) is 13.9. The number of fused-ring (bicyclic) bond motifs is 1. The monoisotopic (exact) mass is 336 g/mol. The minimum absolute atomic E-state index is 0.113. The molecule has 0 radical (unpaired) electrons. The van der Waals surface area contributed by atoms with Crippen molar-refractivity contribution in [2.24, 2.45) is 0 Å². The van der Waals surface area contributed by atoms with Crippen LogP contribution in [-0.4, -0.2) is 23.0 Å². The zero-order chi connectivity index (χ0) is 17.5. The van der Waals surface area contributed by atoms with Crippen molar-refractivity contribution in [3.05, 3.63) is 72.4 Å². The smallest absolute Gasteiger partial charge is 0.325 e. The highest BCUT2D eigenvalue weighted by molar-refractivity contribution is 5.82. The van der Waals surface area contributed by atoms with E-state index in [1.54, 1.807) is 0 Å². The Balaban J connectivity index is 1.40. The molecule has 0 spiro atoms. The third-order valence-corrected chi connectivity index (χ3v) is 3.93. The summed E-state index contributed by atoms with van der Waals surface area (Å²) in [5.74, 6) is -0.613. The molecule has 0 aliphatic heterocycles. The van der Waals surface area contributed by atoms with E-state index in [0.717, 1.165) is 16.5 Å². The van der Waals surface area contributed by atoms with E-state index in [1.165, 1.54) is 0 Å². The van der Waals surface area contributed by atoms with Crippen molar-refractivity contribution in [2.45, 2.75) is 19.6 Å². The number of hydrogen-bond acceptors (Lipinski definition) is 3. The van der Waals surface area contributed by atoms with Crippen LogP contribution in [0.15, 0.2) is 66.9 Å². The maximum atomic E-state index is 11.9. The molecule has 3 rings (SSSR count). The molecule has 3 aromatic rings. The van der Waals surface area contributed by atoms with Gasteiger partial charge in [-0.2, -0.15) is 0 Å². The fourth-order valence-electron chi connectivity index (χ4n) is 2.61. The fourth-order valence-corrected chi connectivity index (χ4v) is 2.61. The first-order chi connectivity index (χ1) is 12.2. The molecule has 0 unspecified atom stereocenters. The maximum absolute atomic E-state index is 11.9.